The molecule has 0 bridgehead atoms. The average molecular weight is 402 g/mol. The van der Waals surface area contributed by atoms with Crippen LogP contribution in [0.1, 0.15) is 42.6 Å². The van der Waals surface area contributed by atoms with Crippen molar-refractivity contribution in [1.29, 1.82) is 0 Å². The molecule has 0 heterocycles. The third-order valence-corrected chi connectivity index (χ3v) is 4.79. The van der Waals surface area contributed by atoms with Crippen LogP contribution in [0.25, 0.3) is 0 Å². The van der Waals surface area contributed by atoms with Gasteiger partial charge >= 0.3 is 0 Å². The van der Waals surface area contributed by atoms with Gasteiger partial charge in [-0.2, -0.15) is 0 Å². The fraction of sp³-hybridized carbons (Fsp3) is 0.364. The lowest BCUT2D eigenvalue weighted by Gasteiger charge is -2.21. The number of carbonyl (C=O) groups excluding carboxylic acids is 2. The first-order valence-corrected chi connectivity index (χ1v) is 10.0. The molecule has 6 heteroatoms. The van der Waals surface area contributed by atoms with E-state index in [1.807, 2.05) is 30.0 Å². The Morgan fingerprint density at radius 2 is 1.71 bits per heavy atom. The summed E-state index contributed by atoms with van der Waals surface area (Å²) in [5.41, 5.74) is 2.88. The molecule has 0 spiro atoms. The lowest BCUT2D eigenvalue weighted by Crippen LogP contribution is -2.32. The van der Waals surface area contributed by atoms with Crippen LogP contribution in [0.15, 0.2) is 42.5 Å². The van der Waals surface area contributed by atoms with Gasteiger partial charge in [0, 0.05) is 35.1 Å². The molecule has 0 atom stereocenters. The van der Waals surface area contributed by atoms with E-state index in [0.717, 1.165) is 37.2 Å². The highest BCUT2D eigenvalue weighted by atomic mass is 35.5. The molecule has 0 unspecified atom stereocenters. The molecule has 28 heavy (non-hydrogen) atoms. The standard InChI is InChI=1S/C22H28ClN3O2/c1-4-12-26(13-5-2)22(28)17-8-6-9-18(14-17)24-15-21(27)25-20-11-7-10-19(23)16(20)3/h6-11,14,24H,4-5,12-13,15H2,1-3H3,(H,25,27). The zero-order chi connectivity index (χ0) is 20.5. The Hall–Kier alpha value is -2.53. The van der Waals surface area contributed by atoms with E-state index in [-0.39, 0.29) is 18.4 Å². The lowest BCUT2D eigenvalue weighted by molar-refractivity contribution is -0.114. The molecule has 0 aliphatic heterocycles. The number of carbonyl (C=O) groups is 2. The Morgan fingerprint density at radius 3 is 2.39 bits per heavy atom. The van der Waals surface area contributed by atoms with E-state index in [9.17, 15) is 9.59 Å². The topological polar surface area (TPSA) is 61.4 Å². The summed E-state index contributed by atoms with van der Waals surface area (Å²) in [7, 11) is 0. The number of nitrogens with one attached hydrogen (secondary N) is 2. The maximum atomic E-state index is 12.7. The summed E-state index contributed by atoms with van der Waals surface area (Å²) in [6, 6.07) is 12.7. The molecule has 2 rings (SSSR count). The Labute approximate surface area is 172 Å². The highest BCUT2D eigenvalue weighted by Gasteiger charge is 2.14. The molecule has 0 saturated heterocycles. The Morgan fingerprint density at radius 1 is 1.04 bits per heavy atom. The third-order valence-electron chi connectivity index (χ3n) is 4.38. The normalized spacial score (nSPS) is 10.4. The number of amides is 2. The zero-order valence-electron chi connectivity index (χ0n) is 16.7. The number of nitrogens with zero attached hydrogens (tertiary/aromatic N) is 1. The summed E-state index contributed by atoms with van der Waals surface area (Å²) in [6.45, 7) is 7.57. The highest BCUT2D eigenvalue weighted by molar-refractivity contribution is 6.31. The first kappa shape index (κ1) is 21.8. The van der Waals surface area contributed by atoms with Crippen molar-refractivity contribution in [3.05, 3.63) is 58.6 Å². The molecular formula is C22H28ClN3O2. The molecule has 0 saturated carbocycles. The zero-order valence-corrected chi connectivity index (χ0v) is 17.5. The van der Waals surface area contributed by atoms with Crippen LogP contribution in [0.4, 0.5) is 11.4 Å². The van der Waals surface area contributed by atoms with Gasteiger partial charge in [0.25, 0.3) is 5.91 Å². The second-order valence-electron chi connectivity index (χ2n) is 6.69. The molecule has 0 aliphatic rings. The Balaban J connectivity index is 1.99. The molecule has 2 N–H and O–H groups in total. The van der Waals surface area contributed by atoms with Crippen LogP contribution in [0, 0.1) is 6.92 Å². The van der Waals surface area contributed by atoms with Crippen molar-refractivity contribution >= 4 is 34.8 Å². The molecule has 0 aliphatic carbocycles. The Bertz CT molecular complexity index is 817. The second kappa shape index (κ2) is 10.7. The minimum Gasteiger partial charge on any atom is -0.376 e. The van der Waals surface area contributed by atoms with Crippen LogP contribution in [0.5, 0.6) is 0 Å². The SMILES string of the molecule is CCCN(CCC)C(=O)c1cccc(NCC(=O)Nc2cccc(Cl)c2C)c1. The number of hydrogen-bond acceptors (Lipinski definition) is 3. The molecule has 0 aromatic heterocycles. The van der Waals surface area contributed by atoms with Crippen LogP contribution in [-0.4, -0.2) is 36.3 Å². The molecule has 150 valence electrons. The fourth-order valence-corrected chi connectivity index (χ4v) is 3.09. The average Bonchev–Trinajstić information content (AvgIpc) is 2.69. The lowest BCUT2D eigenvalue weighted by atomic mass is 10.1. The first-order valence-electron chi connectivity index (χ1n) is 9.64. The third kappa shape index (κ3) is 5.99. The summed E-state index contributed by atoms with van der Waals surface area (Å²) in [6.07, 6.45) is 1.85. The largest absolute Gasteiger partial charge is 0.376 e. The summed E-state index contributed by atoms with van der Waals surface area (Å²) in [5, 5.41) is 6.54. The van der Waals surface area contributed by atoms with Gasteiger partial charge in [0.2, 0.25) is 5.91 Å². The first-order chi connectivity index (χ1) is 13.5. The van der Waals surface area contributed by atoms with E-state index in [1.54, 1.807) is 24.3 Å². The summed E-state index contributed by atoms with van der Waals surface area (Å²) in [4.78, 5) is 26.9. The number of hydrogen-bond donors (Lipinski definition) is 2. The van der Waals surface area contributed by atoms with Crippen LogP contribution in [-0.2, 0) is 4.79 Å². The molecular weight excluding hydrogens is 374 g/mol. The van der Waals surface area contributed by atoms with E-state index >= 15 is 0 Å². The van der Waals surface area contributed by atoms with E-state index in [1.165, 1.54) is 0 Å². The van der Waals surface area contributed by atoms with Gasteiger partial charge < -0.3 is 15.5 Å². The van der Waals surface area contributed by atoms with Gasteiger partial charge in [0.15, 0.2) is 0 Å². The maximum Gasteiger partial charge on any atom is 0.253 e. The molecule has 2 amide bonds. The van der Waals surface area contributed by atoms with Crippen molar-refractivity contribution in [3.8, 4) is 0 Å². The number of rotatable bonds is 9. The van der Waals surface area contributed by atoms with Crippen LogP contribution in [0.2, 0.25) is 5.02 Å². The van der Waals surface area contributed by atoms with Gasteiger partial charge in [0.1, 0.15) is 0 Å². The van der Waals surface area contributed by atoms with Gasteiger partial charge in [0.05, 0.1) is 6.54 Å². The van der Waals surface area contributed by atoms with E-state index in [2.05, 4.69) is 24.5 Å². The van der Waals surface area contributed by atoms with Crippen molar-refractivity contribution in [1.82, 2.24) is 4.90 Å². The molecule has 2 aromatic rings. The smallest absolute Gasteiger partial charge is 0.253 e. The molecule has 5 nitrogen and oxygen atoms in total. The van der Waals surface area contributed by atoms with Gasteiger partial charge in [-0.25, -0.2) is 0 Å². The van der Waals surface area contributed by atoms with Crippen LogP contribution >= 0.6 is 11.6 Å². The van der Waals surface area contributed by atoms with E-state index in [4.69, 9.17) is 11.6 Å². The Kier molecular flexibility index (Phi) is 8.33. The van der Waals surface area contributed by atoms with Gasteiger partial charge in [-0.15, -0.1) is 0 Å². The highest BCUT2D eigenvalue weighted by Crippen LogP contribution is 2.22. The van der Waals surface area contributed by atoms with Gasteiger partial charge in [-0.05, 0) is 55.7 Å². The van der Waals surface area contributed by atoms with Crippen molar-refractivity contribution in [2.45, 2.75) is 33.6 Å². The molecule has 0 radical (unpaired) electrons. The van der Waals surface area contributed by atoms with Crippen molar-refractivity contribution in [2.75, 3.05) is 30.3 Å². The molecule has 2 aromatic carbocycles. The monoisotopic (exact) mass is 401 g/mol. The summed E-state index contributed by atoms with van der Waals surface area (Å²) in [5.74, 6) is -0.160. The van der Waals surface area contributed by atoms with Crippen LogP contribution < -0.4 is 10.6 Å². The van der Waals surface area contributed by atoms with Crippen molar-refractivity contribution in [3.63, 3.8) is 0 Å². The number of benzene rings is 2. The predicted octanol–water partition coefficient (Wildman–Crippen LogP) is 4.96. The minimum atomic E-state index is -0.180. The van der Waals surface area contributed by atoms with Gasteiger partial charge in [-0.3, -0.25) is 9.59 Å². The van der Waals surface area contributed by atoms with Crippen LogP contribution in [0.3, 0.4) is 0 Å². The van der Waals surface area contributed by atoms with Crippen molar-refractivity contribution in [2.24, 2.45) is 0 Å². The second-order valence-corrected chi connectivity index (χ2v) is 7.09. The van der Waals surface area contributed by atoms with E-state index in [0.29, 0.717) is 16.3 Å². The van der Waals surface area contributed by atoms with E-state index < -0.39 is 0 Å². The van der Waals surface area contributed by atoms with Crippen molar-refractivity contribution < 1.29 is 9.59 Å². The number of anilines is 2. The number of halogens is 1. The van der Waals surface area contributed by atoms with Gasteiger partial charge in [-0.1, -0.05) is 37.6 Å². The summed E-state index contributed by atoms with van der Waals surface area (Å²) >= 11 is 6.08. The maximum absolute atomic E-state index is 12.7. The minimum absolute atomic E-state index is 0.0198. The quantitative estimate of drug-likeness (QED) is 0.624. The fourth-order valence-electron chi connectivity index (χ4n) is 2.92. The predicted molar refractivity (Wildman–Crippen MR) is 116 cm³/mol. The summed E-state index contributed by atoms with van der Waals surface area (Å²) < 4.78 is 0. The molecule has 0 fully saturated rings.